The van der Waals surface area contributed by atoms with Crippen molar-refractivity contribution < 1.29 is 23.8 Å². The number of carbonyl (C=O) groups is 1. The molecule has 5 heterocycles. The average molecular weight is 674 g/mol. The molecule has 1 amide bonds. The summed E-state index contributed by atoms with van der Waals surface area (Å²) in [7, 11) is 0. The number of anilines is 1. The number of hydrogen-bond donors (Lipinski definition) is 1. The van der Waals surface area contributed by atoms with Crippen molar-refractivity contribution >= 4 is 45.2 Å². The fourth-order valence-electron chi connectivity index (χ4n) is 8.56. The van der Waals surface area contributed by atoms with Crippen molar-refractivity contribution in [1.29, 1.82) is 0 Å². The Morgan fingerprint density at radius 1 is 1.04 bits per heavy atom. The maximum absolute atomic E-state index is 17.0. The molecule has 48 heavy (non-hydrogen) atoms. The van der Waals surface area contributed by atoms with Crippen LogP contribution in [0.1, 0.15) is 59.3 Å². The van der Waals surface area contributed by atoms with Crippen LogP contribution in [0.5, 0.6) is 11.8 Å². The van der Waals surface area contributed by atoms with Gasteiger partial charge in [-0.2, -0.15) is 9.97 Å². The molecule has 11 heteroatoms. The Morgan fingerprint density at radius 2 is 1.75 bits per heavy atom. The van der Waals surface area contributed by atoms with Gasteiger partial charge in [-0.3, -0.25) is 9.80 Å². The van der Waals surface area contributed by atoms with Gasteiger partial charge in [-0.15, -0.1) is 0 Å². The SMILES string of the molecule is CC(C)(C)OC(=O)N1C2CCC1CN(c1nc(OCC34CCCN3CCC4)nc3c(F)c(-c4cc(O)cc5ccccc45)c(Cl)cc13)C2. The number of ether oxygens (including phenoxy) is 2. The van der Waals surface area contributed by atoms with Gasteiger partial charge >= 0.3 is 12.1 Å². The molecule has 4 aromatic rings. The highest BCUT2D eigenvalue weighted by Gasteiger charge is 2.46. The molecule has 4 saturated heterocycles. The third-order valence-electron chi connectivity index (χ3n) is 10.6. The summed E-state index contributed by atoms with van der Waals surface area (Å²) in [5, 5.41) is 12.8. The molecule has 2 atom stereocenters. The third-order valence-corrected chi connectivity index (χ3v) is 10.9. The van der Waals surface area contributed by atoms with Gasteiger partial charge in [0.05, 0.1) is 22.6 Å². The first-order valence-electron chi connectivity index (χ1n) is 17.1. The number of nitrogens with zero attached hydrogens (tertiary/aromatic N) is 5. The van der Waals surface area contributed by atoms with Crippen LogP contribution < -0.4 is 9.64 Å². The number of piperazine rings is 1. The van der Waals surface area contributed by atoms with Crippen LogP contribution in [-0.4, -0.2) is 87.0 Å². The van der Waals surface area contributed by atoms with Crippen LogP contribution in [0.25, 0.3) is 32.8 Å². The van der Waals surface area contributed by atoms with E-state index in [1.807, 2.05) is 49.9 Å². The van der Waals surface area contributed by atoms with Crippen LogP contribution in [0.4, 0.5) is 15.0 Å². The first kappa shape index (κ1) is 31.4. The summed E-state index contributed by atoms with van der Waals surface area (Å²) in [6.07, 6.45) is 5.76. The first-order valence-corrected chi connectivity index (χ1v) is 17.4. The van der Waals surface area contributed by atoms with Crippen LogP contribution in [0.15, 0.2) is 42.5 Å². The van der Waals surface area contributed by atoms with Crippen molar-refractivity contribution in [1.82, 2.24) is 19.8 Å². The first-order chi connectivity index (χ1) is 23.0. The van der Waals surface area contributed by atoms with Crippen molar-refractivity contribution in [3.8, 4) is 22.9 Å². The van der Waals surface area contributed by atoms with Gasteiger partial charge in [-0.05, 0) is 107 Å². The Labute approximate surface area is 284 Å². The van der Waals surface area contributed by atoms with Crippen LogP contribution in [0.2, 0.25) is 5.02 Å². The second kappa shape index (κ2) is 11.6. The summed E-state index contributed by atoms with van der Waals surface area (Å²) >= 11 is 6.95. The highest BCUT2D eigenvalue weighted by Crippen LogP contribution is 2.44. The van der Waals surface area contributed by atoms with E-state index in [-0.39, 0.29) is 51.6 Å². The van der Waals surface area contributed by atoms with E-state index in [1.165, 1.54) is 0 Å². The van der Waals surface area contributed by atoms with Crippen molar-refractivity contribution in [3.63, 3.8) is 0 Å². The second-order valence-corrected chi connectivity index (χ2v) is 15.3. The number of fused-ring (bicyclic) bond motifs is 5. The van der Waals surface area contributed by atoms with E-state index >= 15 is 4.39 Å². The molecule has 252 valence electrons. The monoisotopic (exact) mass is 673 g/mol. The largest absolute Gasteiger partial charge is 0.508 e. The van der Waals surface area contributed by atoms with Gasteiger partial charge in [0.1, 0.15) is 29.3 Å². The van der Waals surface area contributed by atoms with Crippen LogP contribution >= 0.6 is 11.6 Å². The lowest BCUT2D eigenvalue weighted by atomic mass is 9.95. The molecular formula is C37H41ClFN5O4. The van der Waals surface area contributed by atoms with Crippen molar-refractivity contribution in [2.75, 3.05) is 37.7 Å². The summed E-state index contributed by atoms with van der Waals surface area (Å²) in [6.45, 7) is 9.21. The number of amides is 1. The van der Waals surface area contributed by atoms with Crippen molar-refractivity contribution in [3.05, 3.63) is 53.3 Å². The van der Waals surface area contributed by atoms with Gasteiger partial charge < -0.3 is 19.5 Å². The molecule has 0 saturated carbocycles. The molecule has 0 aliphatic carbocycles. The zero-order valence-electron chi connectivity index (χ0n) is 27.6. The van der Waals surface area contributed by atoms with Gasteiger partial charge in [0.15, 0.2) is 5.82 Å². The molecule has 0 spiro atoms. The fourth-order valence-corrected chi connectivity index (χ4v) is 8.86. The number of hydrogen-bond acceptors (Lipinski definition) is 8. The minimum Gasteiger partial charge on any atom is -0.508 e. The van der Waals surface area contributed by atoms with Gasteiger partial charge in [-0.25, -0.2) is 9.18 Å². The summed E-state index contributed by atoms with van der Waals surface area (Å²) in [6, 6.07) is 12.4. The molecule has 0 radical (unpaired) electrons. The Morgan fingerprint density at radius 3 is 2.46 bits per heavy atom. The van der Waals surface area contributed by atoms with Gasteiger partial charge in [0, 0.05) is 24.0 Å². The lowest BCUT2D eigenvalue weighted by molar-refractivity contribution is 0.0122. The second-order valence-electron chi connectivity index (χ2n) is 14.9. The summed E-state index contributed by atoms with van der Waals surface area (Å²) in [5.74, 6) is -0.0448. The minimum atomic E-state index is -0.598. The number of phenolic OH excluding ortho intramolecular Hbond substituents is 1. The number of carbonyl (C=O) groups excluding carboxylic acids is 1. The molecule has 4 aliphatic rings. The van der Waals surface area contributed by atoms with Gasteiger partial charge in [0.25, 0.3) is 0 Å². The Balaban J connectivity index is 1.22. The number of aromatic hydroxyl groups is 1. The van der Waals surface area contributed by atoms with Crippen molar-refractivity contribution in [2.24, 2.45) is 0 Å². The smallest absolute Gasteiger partial charge is 0.410 e. The Hall–Kier alpha value is -3.89. The van der Waals surface area contributed by atoms with Crippen LogP contribution in [-0.2, 0) is 4.74 Å². The average Bonchev–Trinajstić information content (AvgIpc) is 3.69. The van der Waals surface area contributed by atoms with Crippen LogP contribution in [0.3, 0.4) is 0 Å². The standard InChI is InChI=1S/C37H41ClFN5O4/c1-36(2,3)48-35(46)44-23-10-11-24(44)20-42(19-23)33-28-18-29(38)30(27-17-25(45)16-22-8-4-5-9-26(22)27)31(39)32(28)40-34(41-33)47-21-37-12-6-14-43(37)15-7-13-37/h4-5,8-9,16-18,23-24,45H,6-7,10-15,19-21H2,1-3H3. The van der Waals surface area contributed by atoms with E-state index < -0.39 is 11.4 Å². The summed E-state index contributed by atoms with van der Waals surface area (Å²) < 4.78 is 29.2. The topological polar surface area (TPSA) is 91.3 Å². The number of halogens is 2. The Bertz CT molecular complexity index is 1910. The zero-order chi connectivity index (χ0) is 33.4. The molecule has 4 fully saturated rings. The fraction of sp³-hybridized carbons (Fsp3) is 0.486. The highest BCUT2D eigenvalue weighted by atomic mass is 35.5. The number of aromatic nitrogens is 2. The molecule has 8 rings (SSSR count). The predicted molar refractivity (Wildman–Crippen MR) is 184 cm³/mol. The predicted octanol–water partition coefficient (Wildman–Crippen LogP) is 7.54. The highest BCUT2D eigenvalue weighted by molar-refractivity contribution is 6.35. The number of rotatable bonds is 5. The Kier molecular flexibility index (Phi) is 7.60. The van der Waals surface area contributed by atoms with E-state index in [0.717, 1.165) is 62.4 Å². The third kappa shape index (κ3) is 5.37. The van der Waals surface area contributed by atoms with E-state index in [0.29, 0.717) is 36.5 Å². The van der Waals surface area contributed by atoms with E-state index in [9.17, 15) is 9.90 Å². The van der Waals surface area contributed by atoms with Gasteiger partial charge in [0.2, 0.25) is 0 Å². The van der Waals surface area contributed by atoms with E-state index in [4.69, 9.17) is 31.0 Å². The molecular weight excluding hydrogens is 633 g/mol. The lowest BCUT2D eigenvalue weighted by Gasteiger charge is -2.42. The molecule has 3 aromatic carbocycles. The molecule has 2 bridgehead atoms. The summed E-state index contributed by atoms with van der Waals surface area (Å²) in [4.78, 5) is 29.4. The maximum Gasteiger partial charge on any atom is 0.410 e. The quantitative estimate of drug-likeness (QED) is 0.232. The van der Waals surface area contributed by atoms with Gasteiger partial charge in [-0.1, -0.05) is 35.9 Å². The zero-order valence-corrected chi connectivity index (χ0v) is 28.4. The number of benzene rings is 3. The van der Waals surface area contributed by atoms with E-state index in [2.05, 4.69) is 9.80 Å². The molecule has 1 N–H and O–H groups in total. The van der Waals surface area contributed by atoms with E-state index in [1.54, 1.807) is 18.2 Å². The molecule has 1 aromatic heterocycles. The molecule has 2 unspecified atom stereocenters. The van der Waals surface area contributed by atoms with Crippen LogP contribution in [0, 0.1) is 5.82 Å². The minimum absolute atomic E-state index is 0.0157. The normalized spacial score (nSPS) is 22.1. The number of phenols is 1. The molecule has 9 nitrogen and oxygen atoms in total. The summed E-state index contributed by atoms with van der Waals surface area (Å²) in [5.41, 5.74) is 0.117. The maximum atomic E-state index is 17.0. The van der Waals surface area contributed by atoms with Crippen molar-refractivity contribution in [2.45, 2.75) is 82.5 Å². The lowest BCUT2D eigenvalue weighted by Crippen LogP contribution is -2.57. The molecule has 4 aliphatic heterocycles.